The number of amidine groups is 1. The molecular weight excluding hydrogens is 558 g/mol. The molecule has 0 radical (unpaired) electrons. The van der Waals surface area contributed by atoms with Crippen molar-refractivity contribution in [3.63, 3.8) is 0 Å². The normalized spacial score (nSPS) is 15.5. The van der Waals surface area contributed by atoms with E-state index in [0.717, 1.165) is 16.1 Å². The first-order valence-electron chi connectivity index (χ1n) is 13.4. The van der Waals surface area contributed by atoms with Gasteiger partial charge in [-0.15, -0.1) is 0 Å². The van der Waals surface area contributed by atoms with E-state index < -0.39 is 38.5 Å². The van der Waals surface area contributed by atoms with Gasteiger partial charge in [0.1, 0.15) is 12.2 Å². The van der Waals surface area contributed by atoms with Gasteiger partial charge in [0.25, 0.3) is 5.17 Å². The highest BCUT2D eigenvalue weighted by atomic mass is 32.2. The first-order chi connectivity index (χ1) is 19.9. The Bertz CT molecular complexity index is 1520. The molecule has 1 aliphatic rings. The Hall–Kier alpha value is -4.29. The SMILES string of the molecule is COc1cc2c(cc1OCc1ccccc1)CCN(C(=O)OC(C)(C)C)C2CS(=O)(=O)/C(=N/N)N(N)c1ccccc1. The van der Waals surface area contributed by atoms with Gasteiger partial charge >= 0.3 is 6.09 Å². The van der Waals surface area contributed by atoms with Gasteiger partial charge < -0.3 is 20.1 Å². The van der Waals surface area contributed by atoms with Crippen LogP contribution in [0.5, 0.6) is 11.5 Å². The number of benzene rings is 3. The summed E-state index contributed by atoms with van der Waals surface area (Å²) < 4.78 is 45.0. The smallest absolute Gasteiger partial charge is 0.410 e. The fraction of sp³-hybridized carbons (Fsp3) is 0.333. The van der Waals surface area contributed by atoms with E-state index in [1.807, 2.05) is 36.4 Å². The number of hydrogen-bond donors (Lipinski definition) is 2. The van der Waals surface area contributed by atoms with Crippen molar-refractivity contribution < 1.29 is 27.4 Å². The molecule has 3 aromatic rings. The number of hydrazone groups is 1. The van der Waals surface area contributed by atoms with Crippen LogP contribution in [-0.4, -0.2) is 49.6 Å². The standard InChI is InChI=1S/C30H37N5O6S/c1-30(2,3)41-29(36)34-16-15-22-17-27(40-19-21-11-7-5-8-12-21)26(39-4)18-24(22)25(34)20-42(37,38)28(33-31)35(32)23-13-9-6-10-14-23/h5-14,17-18,25H,15-16,19-20,31-32H2,1-4H3/b33-28+. The molecule has 4 rings (SSSR count). The monoisotopic (exact) mass is 595 g/mol. The number of ether oxygens (including phenoxy) is 3. The molecule has 1 aliphatic heterocycles. The summed E-state index contributed by atoms with van der Waals surface area (Å²) in [5.41, 5.74) is 1.96. The molecule has 1 heterocycles. The zero-order valence-electron chi connectivity index (χ0n) is 24.2. The minimum atomic E-state index is -4.24. The van der Waals surface area contributed by atoms with Crippen molar-refractivity contribution >= 4 is 26.8 Å². The summed E-state index contributed by atoms with van der Waals surface area (Å²) in [5, 5.41) is 3.91. The lowest BCUT2D eigenvalue weighted by Crippen LogP contribution is -2.49. The van der Waals surface area contributed by atoms with Crippen LogP contribution in [0.1, 0.15) is 43.5 Å². The molecule has 0 bridgehead atoms. The van der Waals surface area contributed by atoms with Crippen LogP contribution in [0, 0.1) is 0 Å². The Morgan fingerprint density at radius 2 is 1.69 bits per heavy atom. The molecule has 0 saturated carbocycles. The molecule has 0 aliphatic carbocycles. The number of nitrogens with zero attached hydrogens (tertiary/aromatic N) is 3. The number of sulfone groups is 1. The lowest BCUT2D eigenvalue weighted by atomic mass is 9.93. The zero-order valence-corrected chi connectivity index (χ0v) is 25.0. The number of anilines is 1. The number of fused-ring (bicyclic) bond motifs is 1. The highest BCUT2D eigenvalue weighted by Crippen LogP contribution is 2.40. The average molecular weight is 596 g/mol. The third-order valence-corrected chi connectivity index (χ3v) is 8.27. The van der Waals surface area contributed by atoms with Crippen molar-refractivity contribution in [3.8, 4) is 11.5 Å². The van der Waals surface area contributed by atoms with E-state index in [4.69, 9.17) is 25.9 Å². The predicted molar refractivity (Wildman–Crippen MR) is 162 cm³/mol. The van der Waals surface area contributed by atoms with Crippen molar-refractivity contribution in [2.24, 2.45) is 16.8 Å². The number of carbonyl (C=O) groups excluding carboxylic acids is 1. The van der Waals surface area contributed by atoms with Gasteiger partial charge in [0.15, 0.2) is 11.5 Å². The first-order valence-corrected chi connectivity index (χ1v) is 15.1. The quantitative estimate of drug-likeness (QED) is 0.178. The summed E-state index contributed by atoms with van der Waals surface area (Å²) in [4.78, 5) is 14.8. The van der Waals surface area contributed by atoms with E-state index in [9.17, 15) is 13.2 Å². The number of para-hydroxylation sites is 1. The van der Waals surface area contributed by atoms with Crippen molar-refractivity contribution in [1.82, 2.24) is 4.90 Å². The van der Waals surface area contributed by atoms with Gasteiger partial charge in [0.2, 0.25) is 9.84 Å². The summed E-state index contributed by atoms with van der Waals surface area (Å²) in [5.74, 6) is 12.1. The summed E-state index contributed by atoms with van der Waals surface area (Å²) >= 11 is 0. The molecule has 1 atom stereocenters. The number of hydrogen-bond acceptors (Lipinski definition) is 9. The van der Waals surface area contributed by atoms with E-state index in [1.165, 1.54) is 12.0 Å². The fourth-order valence-corrected chi connectivity index (χ4v) is 6.20. The van der Waals surface area contributed by atoms with E-state index in [1.54, 1.807) is 57.2 Å². The maximum atomic E-state index is 13.8. The van der Waals surface area contributed by atoms with Crippen LogP contribution in [0.3, 0.4) is 0 Å². The van der Waals surface area contributed by atoms with Crippen molar-refractivity contribution in [1.29, 1.82) is 0 Å². The van der Waals surface area contributed by atoms with Gasteiger partial charge in [-0.25, -0.2) is 19.1 Å². The molecule has 1 amide bonds. The molecule has 0 aromatic heterocycles. The topological polar surface area (TPSA) is 150 Å². The van der Waals surface area contributed by atoms with Crippen LogP contribution in [0.25, 0.3) is 0 Å². The van der Waals surface area contributed by atoms with Crippen molar-refractivity contribution in [2.45, 2.75) is 45.4 Å². The number of rotatable bonds is 7. The van der Waals surface area contributed by atoms with Gasteiger partial charge in [-0.05, 0) is 68.1 Å². The minimum Gasteiger partial charge on any atom is -0.493 e. The lowest BCUT2D eigenvalue weighted by molar-refractivity contribution is 0.0162. The summed E-state index contributed by atoms with van der Waals surface area (Å²) in [6, 6.07) is 20.7. The highest BCUT2D eigenvalue weighted by molar-refractivity contribution is 8.06. The molecule has 12 heteroatoms. The number of hydrazine groups is 1. The predicted octanol–water partition coefficient (Wildman–Crippen LogP) is 4.13. The Labute approximate surface area is 246 Å². The second kappa shape index (κ2) is 12.7. The fourth-order valence-electron chi connectivity index (χ4n) is 4.71. The molecule has 1 unspecified atom stereocenters. The molecular formula is C30H37N5O6S. The van der Waals surface area contributed by atoms with Gasteiger partial charge in [-0.1, -0.05) is 48.5 Å². The van der Waals surface area contributed by atoms with Crippen LogP contribution in [0.15, 0.2) is 77.9 Å². The largest absolute Gasteiger partial charge is 0.493 e. The molecule has 224 valence electrons. The zero-order chi connectivity index (χ0) is 30.5. The molecule has 0 spiro atoms. The number of amides is 1. The second-order valence-electron chi connectivity index (χ2n) is 10.8. The summed E-state index contributed by atoms with van der Waals surface area (Å²) in [6.07, 6.45) is -0.197. The molecule has 0 saturated heterocycles. The lowest BCUT2D eigenvalue weighted by Gasteiger charge is -2.38. The Kier molecular flexibility index (Phi) is 9.27. The minimum absolute atomic E-state index is 0.215. The third-order valence-electron chi connectivity index (χ3n) is 6.65. The third kappa shape index (κ3) is 7.12. The number of carbonyl (C=O) groups is 1. The molecule has 0 fully saturated rings. The van der Waals surface area contributed by atoms with Gasteiger partial charge in [-0.2, -0.15) is 5.10 Å². The van der Waals surface area contributed by atoms with Crippen LogP contribution in [0.2, 0.25) is 0 Å². The van der Waals surface area contributed by atoms with E-state index in [-0.39, 0.29) is 6.54 Å². The average Bonchev–Trinajstić information content (AvgIpc) is 2.95. The second-order valence-corrected chi connectivity index (χ2v) is 12.7. The van der Waals surface area contributed by atoms with E-state index in [0.29, 0.717) is 35.8 Å². The molecule has 11 nitrogen and oxygen atoms in total. The van der Waals surface area contributed by atoms with Gasteiger partial charge in [0, 0.05) is 6.54 Å². The molecule has 4 N–H and O–H groups in total. The first kappa shape index (κ1) is 30.7. The van der Waals surface area contributed by atoms with Crippen LogP contribution >= 0.6 is 0 Å². The van der Waals surface area contributed by atoms with Crippen LogP contribution in [-0.2, 0) is 27.6 Å². The Morgan fingerprint density at radius 1 is 1.05 bits per heavy atom. The highest BCUT2D eigenvalue weighted by Gasteiger charge is 2.40. The maximum Gasteiger partial charge on any atom is 0.410 e. The number of methoxy groups -OCH3 is 1. The van der Waals surface area contributed by atoms with Crippen LogP contribution < -0.4 is 26.2 Å². The maximum absolute atomic E-state index is 13.8. The van der Waals surface area contributed by atoms with E-state index >= 15 is 0 Å². The van der Waals surface area contributed by atoms with Crippen LogP contribution in [0.4, 0.5) is 10.5 Å². The molecule has 3 aromatic carbocycles. The van der Waals surface area contributed by atoms with Crippen molar-refractivity contribution in [3.05, 3.63) is 89.5 Å². The van der Waals surface area contributed by atoms with Crippen molar-refractivity contribution in [2.75, 3.05) is 24.4 Å². The summed E-state index contributed by atoms with van der Waals surface area (Å²) in [6.45, 7) is 5.78. The van der Waals surface area contributed by atoms with E-state index in [2.05, 4.69) is 5.10 Å². The summed E-state index contributed by atoms with van der Waals surface area (Å²) in [7, 11) is -2.74. The number of nitrogens with two attached hydrogens (primary N) is 2. The van der Waals surface area contributed by atoms with Gasteiger partial charge in [0.05, 0.1) is 24.6 Å². The Balaban J connectivity index is 1.72. The Morgan fingerprint density at radius 3 is 2.29 bits per heavy atom. The van der Waals surface area contributed by atoms with Gasteiger partial charge in [-0.3, -0.25) is 9.91 Å². The molecule has 42 heavy (non-hydrogen) atoms.